The van der Waals surface area contributed by atoms with E-state index in [-0.39, 0.29) is 41.9 Å². The molecular formula is C21H32ClN7O3. The molecule has 2 heterocycles. The van der Waals surface area contributed by atoms with Gasteiger partial charge in [0.1, 0.15) is 23.9 Å². The number of nitrogens with zero attached hydrogens (tertiary/aromatic N) is 5. The number of benzene rings is 1. The van der Waals surface area contributed by atoms with E-state index >= 15 is 0 Å². The van der Waals surface area contributed by atoms with Gasteiger partial charge in [0, 0.05) is 36.8 Å². The number of phenolic OH excluding ortho intramolecular Hbond substituents is 2. The van der Waals surface area contributed by atoms with Crippen molar-refractivity contribution in [3.8, 4) is 11.5 Å². The summed E-state index contributed by atoms with van der Waals surface area (Å²) in [5.74, 6) is 1.49. The van der Waals surface area contributed by atoms with Crippen LogP contribution in [-0.4, -0.2) is 50.6 Å². The molecule has 1 aromatic carbocycles. The Labute approximate surface area is 193 Å². The first-order valence-electron chi connectivity index (χ1n) is 10.7. The lowest BCUT2D eigenvalue weighted by molar-refractivity contribution is 0.288. The van der Waals surface area contributed by atoms with Crippen molar-refractivity contribution in [3.63, 3.8) is 0 Å². The first-order valence-corrected chi connectivity index (χ1v) is 11.1. The van der Waals surface area contributed by atoms with Gasteiger partial charge >= 0.3 is 0 Å². The third-order valence-electron chi connectivity index (χ3n) is 5.11. The number of phenols is 2. The molecule has 0 atom stereocenters. The van der Waals surface area contributed by atoms with Gasteiger partial charge < -0.3 is 25.5 Å². The molecule has 0 bridgehead atoms. The number of aliphatic hydroxyl groups is 1. The van der Waals surface area contributed by atoms with E-state index in [2.05, 4.69) is 38.5 Å². The number of aliphatic hydroxyl groups excluding tert-OH is 1. The summed E-state index contributed by atoms with van der Waals surface area (Å²) in [5, 5.41) is 37.4. The van der Waals surface area contributed by atoms with Crippen LogP contribution < -0.4 is 25.8 Å². The number of hydrogen-bond acceptors (Lipinski definition) is 10. The molecule has 176 valence electrons. The first kappa shape index (κ1) is 24.0. The molecule has 0 amide bonds. The lowest BCUT2D eigenvalue weighted by Crippen LogP contribution is -2.50. The number of halogens is 1. The number of fused-ring (bicyclic) bond motifs is 1. The number of rotatable bonds is 9. The number of hydrogen-bond donors (Lipinski definition) is 5. The van der Waals surface area contributed by atoms with Crippen molar-refractivity contribution in [1.29, 1.82) is 0 Å². The smallest absolute Gasteiger partial charge is 0.231 e. The SMILES string of the molecule is CCCN(CO)c1nc(NCc2cc(O)c(Cl)cc2O)c2c(n1)N(C(C)C)NN2C(C)C. The highest BCUT2D eigenvalue weighted by Gasteiger charge is 2.35. The molecule has 0 saturated carbocycles. The summed E-state index contributed by atoms with van der Waals surface area (Å²) in [5.41, 5.74) is 4.61. The van der Waals surface area contributed by atoms with E-state index in [1.54, 1.807) is 4.90 Å². The lowest BCUT2D eigenvalue weighted by atomic mass is 10.2. The van der Waals surface area contributed by atoms with Gasteiger partial charge in [-0.2, -0.15) is 9.97 Å². The molecule has 1 aromatic heterocycles. The van der Waals surface area contributed by atoms with Crippen LogP contribution >= 0.6 is 11.6 Å². The minimum Gasteiger partial charge on any atom is -0.508 e. The van der Waals surface area contributed by atoms with Gasteiger partial charge in [-0.1, -0.05) is 18.5 Å². The van der Waals surface area contributed by atoms with Crippen LogP contribution in [0.3, 0.4) is 0 Å². The quantitative estimate of drug-likeness (QED) is 0.279. The Morgan fingerprint density at radius 1 is 1.09 bits per heavy atom. The second-order valence-corrected chi connectivity index (χ2v) is 8.67. The molecule has 0 unspecified atom stereocenters. The Morgan fingerprint density at radius 2 is 1.78 bits per heavy atom. The summed E-state index contributed by atoms with van der Waals surface area (Å²) in [6.45, 7) is 10.8. The standard InChI is InChI=1S/C21H32ClN7O3/c1-6-7-27(11-30)21-24-19(23-10-14-8-17(32)15(22)9-16(14)31)18-20(25-21)29(13(4)5)26-28(18)12(2)3/h8-9,12-13,26,30-32H,6-7,10-11H2,1-5H3,(H,23,24,25). The Morgan fingerprint density at radius 3 is 2.38 bits per heavy atom. The predicted octanol–water partition coefficient (Wildman–Crippen LogP) is 3.18. The molecule has 1 aliphatic rings. The second-order valence-electron chi connectivity index (χ2n) is 8.26. The Hall–Kier alpha value is -2.69. The van der Waals surface area contributed by atoms with Gasteiger partial charge in [-0.05, 0) is 40.2 Å². The summed E-state index contributed by atoms with van der Waals surface area (Å²) < 4.78 is 0. The number of aromatic nitrogens is 2. The maximum atomic E-state index is 10.3. The normalized spacial score (nSPS) is 13.3. The molecule has 32 heavy (non-hydrogen) atoms. The number of hydrazine groups is 2. The highest BCUT2D eigenvalue weighted by molar-refractivity contribution is 6.32. The summed E-state index contributed by atoms with van der Waals surface area (Å²) in [6, 6.07) is 2.94. The van der Waals surface area contributed by atoms with Crippen molar-refractivity contribution >= 4 is 34.9 Å². The van der Waals surface area contributed by atoms with E-state index in [1.165, 1.54) is 12.1 Å². The van der Waals surface area contributed by atoms with Crippen LogP contribution in [0, 0.1) is 0 Å². The first-order chi connectivity index (χ1) is 15.2. The monoisotopic (exact) mass is 465 g/mol. The largest absolute Gasteiger partial charge is 0.508 e. The van der Waals surface area contributed by atoms with Crippen LogP contribution in [0.25, 0.3) is 0 Å². The molecule has 10 nitrogen and oxygen atoms in total. The van der Waals surface area contributed by atoms with E-state index in [9.17, 15) is 15.3 Å². The van der Waals surface area contributed by atoms with Crippen molar-refractivity contribution in [3.05, 3.63) is 22.7 Å². The zero-order valence-corrected chi connectivity index (χ0v) is 19.8. The average Bonchev–Trinajstić information content (AvgIpc) is 3.13. The minimum atomic E-state index is -0.207. The molecule has 11 heteroatoms. The molecule has 0 radical (unpaired) electrons. The van der Waals surface area contributed by atoms with E-state index < -0.39 is 0 Å². The zero-order chi connectivity index (χ0) is 23.6. The van der Waals surface area contributed by atoms with Gasteiger partial charge in [0.2, 0.25) is 5.95 Å². The molecule has 0 fully saturated rings. The Bertz CT molecular complexity index is 957. The Kier molecular flexibility index (Phi) is 7.37. The van der Waals surface area contributed by atoms with Crippen LogP contribution in [0.1, 0.15) is 46.6 Å². The molecule has 0 aliphatic carbocycles. The molecule has 0 saturated heterocycles. The third-order valence-corrected chi connectivity index (χ3v) is 5.42. The van der Waals surface area contributed by atoms with Gasteiger partial charge in [-0.25, -0.2) is 0 Å². The van der Waals surface area contributed by atoms with Crippen LogP contribution in [0.4, 0.5) is 23.3 Å². The molecular weight excluding hydrogens is 434 g/mol. The maximum absolute atomic E-state index is 10.3. The molecule has 1 aliphatic heterocycles. The molecule has 0 spiro atoms. The number of aromatic hydroxyl groups is 2. The number of nitrogens with one attached hydrogen (secondary N) is 2. The fourth-order valence-electron chi connectivity index (χ4n) is 3.45. The minimum absolute atomic E-state index is 0.0307. The van der Waals surface area contributed by atoms with E-state index in [0.29, 0.717) is 29.7 Å². The van der Waals surface area contributed by atoms with Crippen molar-refractivity contribution in [2.24, 2.45) is 0 Å². The highest BCUT2D eigenvalue weighted by atomic mass is 35.5. The van der Waals surface area contributed by atoms with Crippen molar-refractivity contribution in [2.45, 2.75) is 59.7 Å². The van der Waals surface area contributed by atoms with Gasteiger partial charge in [-0.3, -0.25) is 10.0 Å². The fourth-order valence-corrected chi connectivity index (χ4v) is 3.61. The topological polar surface area (TPSA) is 120 Å². The number of anilines is 4. The summed E-state index contributed by atoms with van der Waals surface area (Å²) in [6.07, 6.45) is 0.825. The maximum Gasteiger partial charge on any atom is 0.231 e. The van der Waals surface area contributed by atoms with Crippen molar-refractivity contribution in [1.82, 2.24) is 15.5 Å². The summed E-state index contributed by atoms with van der Waals surface area (Å²) >= 11 is 5.88. The fraction of sp³-hybridized carbons (Fsp3) is 0.524. The molecule has 2 aromatic rings. The van der Waals surface area contributed by atoms with Crippen LogP contribution in [0.2, 0.25) is 5.02 Å². The van der Waals surface area contributed by atoms with Crippen LogP contribution in [0.5, 0.6) is 11.5 Å². The zero-order valence-electron chi connectivity index (χ0n) is 19.1. The predicted molar refractivity (Wildman–Crippen MR) is 127 cm³/mol. The molecule has 3 rings (SSSR count). The van der Waals surface area contributed by atoms with E-state index in [0.717, 1.165) is 12.1 Å². The van der Waals surface area contributed by atoms with E-state index in [1.807, 2.05) is 16.9 Å². The second kappa shape index (κ2) is 9.85. The van der Waals surface area contributed by atoms with Gasteiger partial charge in [0.25, 0.3) is 0 Å². The van der Waals surface area contributed by atoms with Gasteiger partial charge in [-0.15, -0.1) is 5.53 Å². The van der Waals surface area contributed by atoms with Crippen molar-refractivity contribution < 1.29 is 15.3 Å². The van der Waals surface area contributed by atoms with Crippen molar-refractivity contribution in [2.75, 3.05) is 33.5 Å². The lowest BCUT2D eigenvalue weighted by Gasteiger charge is -2.27. The van der Waals surface area contributed by atoms with Gasteiger partial charge in [0.15, 0.2) is 11.6 Å². The van der Waals surface area contributed by atoms with Gasteiger partial charge in [0.05, 0.1) is 5.02 Å². The third kappa shape index (κ3) is 4.72. The summed E-state index contributed by atoms with van der Waals surface area (Å²) in [4.78, 5) is 11.2. The van der Waals surface area contributed by atoms with E-state index in [4.69, 9.17) is 21.6 Å². The van der Waals surface area contributed by atoms with Crippen LogP contribution in [-0.2, 0) is 6.54 Å². The molecule has 5 N–H and O–H groups in total. The summed E-state index contributed by atoms with van der Waals surface area (Å²) in [7, 11) is 0. The highest BCUT2D eigenvalue weighted by Crippen LogP contribution is 2.41. The van der Waals surface area contributed by atoms with Crippen LogP contribution in [0.15, 0.2) is 12.1 Å². The Balaban J connectivity index is 2.07. The average molecular weight is 466 g/mol.